The van der Waals surface area contributed by atoms with Crippen molar-refractivity contribution in [3.8, 4) is 5.69 Å². The Morgan fingerprint density at radius 3 is 2.57 bits per heavy atom. The number of fused-ring (bicyclic) bond motifs is 3. The van der Waals surface area contributed by atoms with Gasteiger partial charge in [-0.2, -0.15) is 0 Å². The van der Waals surface area contributed by atoms with Crippen LogP contribution in [0.25, 0.3) is 22.4 Å². The number of rotatable bonds is 7. The van der Waals surface area contributed by atoms with Gasteiger partial charge in [0.05, 0.1) is 22.3 Å². The van der Waals surface area contributed by atoms with Crippen LogP contribution < -0.4 is 10.9 Å². The number of carbonyl (C=O) groups excluding carboxylic acids is 1. The number of hydrogen-bond donors (Lipinski definition) is 1. The third-order valence-corrected chi connectivity index (χ3v) is 7.96. The lowest BCUT2D eigenvalue weighted by Gasteiger charge is -2.22. The van der Waals surface area contributed by atoms with E-state index in [4.69, 9.17) is 0 Å². The summed E-state index contributed by atoms with van der Waals surface area (Å²) in [5, 5.41) is 13.1. The lowest BCUT2D eigenvalue weighted by atomic mass is 9.95. The Hall–Kier alpha value is -3.13. The van der Waals surface area contributed by atoms with Gasteiger partial charge in [-0.05, 0) is 55.0 Å². The zero-order valence-corrected chi connectivity index (χ0v) is 21.1. The maximum atomic E-state index is 13.5. The minimum absolute atomic E-state index is 0.0110. The molecular formula is C27H31N5O2S. The summed E-state index contributed by atoms with van der Waals surface area (Å²) in [5.41, 5.74) is 2.59. The van der Waals surface area contributed by atoms with Gasteiger partial charge in [-0.25, -0.2) is 4.57 Å². The summed E-state index contributed by atoms with van der Waals surface area (Å²) in [6.07, 6.45) is 6.76. The second-order valence-electron chi connectivity index (χ2n) is 9.37. The van der Waals surface area contributed by atoms with E-state index in [1.165, 1.54) is 36.6 Å². The quantitative estimate of drug-likeness (QED) is 0.366. The number of benzene rings is 2. The molecule has 2 aromatic heterocycles. The highest BCUT2D eigenvalue weighted by Crippen LogP contribution is 2.25. The molecule has 2 aromatic carbocycles. The van der Waals surface area contributed by atoms with Gasteiger partial charge in [0.2, 0.25) is 11.7 Å². The van der Waals surface area contributed by atoms with Crippen molar-refractivity contribution < 1.29 is 4.79 Å². The van der Waals surface area contributed by atoms with Crippen LogP contribution in [0.4, 0.5) is 0 Å². The van der Waals surface area contributed by atoms with Crippen LogP contribution in [-0.4, -0.2) is 36.9 Å². The third-order valence-electron chi connectivity index (χ3n) is 7.03. The number of nitrogens with one attached hydrogen (secondary N) is 1. The topological polar surface area (TPSA) is 81.3 Å². The first-order chi connectivity index (χ1) is 17.1. The number of nitrogens with zero attached hydrogens (tertiary/aromatic N) is 4. The van der Waals surface area contributed by atoms with Crippen molar-refractivity contribution in [2.45, 2.75) is 69.5 Å². The van der Waals surface area contributed by atoms with Crippen molar-refractivity contribution >= 4 is 34.3 Å². The van der Waals surface area contributed by atoms with Gasteiger partial charge in [-0.1, -0.05) is 69.1 Å². The predicted molar refractivity (Wildman–Crippen MR) is 141 cm³/mol. The predicted octanol–water partition coefficient (Wildman–Crippen LogP) is 5.09. The fourth-order valence-electron chi connectivity index (χ4n) is 4.84. The Bertz CT molecular complexity index is 1400. The van der Waals surface area contributed by atoms with Crippen molar-refractivity contribution in [2.75, 3.05) is 5.75 Å². The average molecular weight is 490 g/mol. The Balaban J connectivity index is 1.51. The average Bonchev–Trinajstić information content (AvgIpc) is 3.32. The van der Waals surface area contributed by atoms with Crippen LogP contribution in [0.15, 0.2) is 58.5 Å². The zero-order valence-electron chi connectivity index (χ0n) is 20.2. The van der Waals surface area contributed by atoms with E-state index in [1.54, 1.807) is 4.57 Å². The van der Waals surface area contributed by atoms with Crippen molar-refractivity contribution in [1.29, 1.82) is 0 Å². The highest BCUT2D eigenvalue weighted by molar-refractivity contribution is 7.99. The first-order valence-electron chi connectivity index (χ1n) is 12.5. The zero-order chi connectivity index (χ0) is 24.4. The van der Waals surface area contributed by atoms with Gasteiger partial charge in [0, 0.05) is 6.04 Å². The fourth-order valence-corrected chi connectivity index (χ4v) is 5.59. The summed E-state index contributed by atoms with van der Waals surface area (Å²) in [4.78, 5) is 26.1. The van der Waals surface area contributed by atoms with E-state index in [0.717, 1.165) is 30.5 Å². The second-order valence-corrected chi connectivity index (χ2v) is 10.3. The minimum atomic E-state index is -0.136. The van der Waals surface area contributed by atoms with Crippen molar-refractivity contribution in [1.82, 2.24) is 24.5 Å². The summed E-state index contributed by atoms with van der Waals surface area (Å²) in [6.45, 7) is 4.36. The van der Waals surface area contributed by atoms with Crippen molar-refractivity contribution in [3.63, 3.8) is 0 Å². The van der Waals surface area contributed by atoms with Crippen molar-refractivity contribution in [3.05, 3.63) is 64.4 Å². The Morgan fingerprint density at radius 2 is 1.83 bits per heavy atom. The molecule has 5 rings (SSSR count). The maximum Gasteiger partial charge on any atom is 0.267 e. The molecule has 35 heavy (non-hydrogen) atoms. The molecule has 7 nitrogen and oxygen atoms in total. The van der Waals surface area contributed by atoms with Gasteiger partial charge in [-0.3, -0.25) is 14.0 Å². The minimum Gasteiger partial charge on any atom is -0.353 e. The smallest absolute Gasteiger partial charge is 0.267 e. The fraction of sp³-hybridized carbons (Fsp3) is 0.407. The van der Waals surface area contributed by atoms with Crippen LogP contribution >= 0.6 is 11.8 Å². The molecule has 0 aliphatic heterocycles. The molecule has 1 fully saturated rings. The van der Waals surface area contributed by atoms with E-state index in [-0.39, 0.29) is 23.3 Å². The Kier molecular flexibility index (Phi) is 6.90. The molecule has 0 bridgehead atoms. The number of amides is 1. The molecule has 0 spiro atoms. The lowest BCUT2D eigenvalue weighted by molar-refractivity contribution is -0.119. The van der Waals surface area contributed by atoms with Gasteiger partial charge in [0.15, 0.2) is 5.16 Å². The standard InChI is InChI=1S/C27H31N5O2S/c1-3-18(2)19-13-15-21(16-14-19)31-25(34)22-11-7-8-12-23(22)32-26(31)29-30-27(32)35-17-24(33)28-20-9-5-4-6-10-20/h7-8,11-16,18,20H,3-6,9-10,17H2,1-2H3,(H,28,33)/t18-/m1/s1. The van der Waals surface area contributed by atoms with Crippen LogP contribution in [0.5, 0.6) is 0 Å². The summed E-state index contributed by atoms with van der Waals surface area (Å²) >= 11 is 1.35. The molecule has 0 radical (unpaired) electrons. The van der Waals surface area contributed by atoms with Crippen LogP contribution in [0, 0.1) is 0 Å². The highest BCUT2D eigenvalue weighted by Gasteiger charge is 2.20. The number of para-hydroxylation sites is 1. The van der Waals surface area contributed by atoms with Gasteiger partial charge < -0.3 is 5.32 Å². The van der Waals surface area contributed by atoms with Crippen LogP contribution in [0.3, 0.4) is 0 Å². The summed E-state index contributed by atoms with van der Waals surface area (Å²) in [5.74, 6) is 1.17. The summed E-state index contributed by atoms with van der Waals surface area (Å²) in [7, 11) is 0. The van der Waals surface area contributed by atoms with E-state index >= 15 is 0 Å². The largest absolute Gasteiger partial charge is 0.353 e. The van der Waals surface area contributed by atoms with Crippen LogP contribution in [0.2, 0.25) is 0 Å². The normalized spacial score (nSPS) is 15.5. The monoisotopic (exact) mass is 489 g/mol. The molecule has 1 N–H and O–H groups in total. The molecule has 0 saturated heterocycles. The SMILES string of the molecule is CC[C@@H](C)c1ccc(-n2c(=O)c3ccccc3n3c(SCC(=O)NC4CCCCC4)nnc23)cc1. The first kappa shape index (κ1) is 23.6. The van der Waals surface area contributed by atoms with Gasteiger partial charge in [0.1, 0.15) is 0 Å². The Morgan fingerprint density at radius 1 is 1.09 bits per heavy atom. The van der Waals surface area contributed by atoms with E-state index < -0.39 is 0 Å². The maximum absolute atomic E-state index is 13.5. The summed E-state index contributed by atoms with van der Waals surface area (Å²) < 4.78 is 3.50. The molecule has 0 unspecified atom stereocenters. The molecule has 1 saturated carbocycles. The van der Waals surface area contributed by atoms with Crippen LogP contribution in [0.1, 0.15) is 63.9 Å². The van der Waals surface area contributed by atoms with E-state index in [9.17, 15) is 9.59 Å². The highest BCUT2D eigenvalue weighted by atomic mass is 32.2. The van der Waals surface area contributed by atoms with E-state index in [1.807, 2.05) is 40.8 Å². The number of thioether (sulfide) groups is 1. The number of carbonyl (C=O) groups is 1. The van der Waals surface area contributed by atoms with E-state index in [2.05, 4.69) is 41.5 Å². The lowest BCUT2D eigenvalue weighted by Crippen LogP contribution is -2.37. The molecule has 1 atom stereocenters. The first-order valence-corrected chi connectivity index (χ1v) is 13.5. The molecule has 8 heteroatoms. The van der Waals surface area contributed by atoms with Gasteiger partial charge in [-0.15, -0.1) is 10.2 Å². The molecule has 1 amide bonds. The number of hydrogen-bond acceptors (Lipinski definition) is 5. The molecule has 182 valence electrons. The third kappa shape index (κ3) is 4.72. The molecule has 1 aliphatic carbocycles. The van der Waals surface area contributed by atoms with Gasteiger partial charge in [0.25, 0.3) is 5.56 Å². The number of aromatic nitrogens is 4. The molecule has 1 aliphatic rings. The Labute approximate surface area is 208 Å². The van der Waals surface area contributed by atoms with E-state index in [0.29, 0.717) is 22.2 Å². The molecular weight excluding hydrogens is 458 g/mol. The summed E-state index contributed by atoms with van der Waals surface area (Å²) in [6, 6.07) is 15.8. The second kappa shape index (κ2) is 10.2. The van der Waals surface area contributed by atoms with Crippen molar-refractivity contribution in [2.24, 2.45) is 0 Å². The molecule has 4 aromatic rings. The van der Waals surface area contributed by atoms with Gasteiger partial charge >= 0.3 is 0 Å². The molecule has 2 heterocycles. The van der Waals surface area contributed by atoms with Crippen LogP contribution in [-0.2, 0) is 4.79 Å².